The first-order valence-electron chi connectivity index (χ1n) is 7.59. The third-order valence-corrected chi connectivity index (χ3v) is 4.25. The number of nitrogens with two attached hydrogens (primary N) is 1. The minimum absolute atomic E-state index is 0.122. The lowest BCUT2D eigenvalue weighted by Gasteiger charge is -2.38. The van der Waals surface area contributed by atoms with Crippen LogP contribution in [0.1, 0.15) is 50.6 Å². The summed E-state index contributed by atoms with van der Waals surface area (Å²) in [5.41, 5.74) is 3.35. The van der Waals surface area contributed by atoms with Gasteiger partial charge < -0.3 is 0 Å². The Balaban J connectivity index is 2.26. The third kappa shape index (κ3) is 3.38. The quantitative estimate of drug-likeness (QED) is 0.493. The highest BCUT2D eigenvalue weighted by atomic mass is 16.2. The van der Waals surface area contributed by atoms with Crippen molar-refractivity contribution in [3.05, 3.63) is 35.9 Å². The van der Waals surface area contributed by atoms with E-state index >= 15 is 0 Å². The third-order valence-electron chi connectivity index (χ3n) is 4.25. The lowest BCUT2D eigenvalue weighted by Crippen LogP contribution is -2.47. The molecule has 20 heavy (non-hydrogen) atoms. The van der Waals surface area contributed by atoms with Crippen LogP contribution in [0, 0.1) is 0 Å². The van der Waals surface area contributed by atoms with E-state index in [0.717, 1.165) is 12.1 Å². The molecular formula is C16H25N3O. The van der Waals surface area contributed by atoms with Gasteiger partial charge in [-0.3, -0.25) is 15.1 Å². The second-order valence-electron chi connectivity index (χ2n) is 5.44. The average Bonchev–Trinajstić information content (AvgIpc) is 2.53. The van der Waals surface area contributed by atoms with Crippen LogP contribution in [0.5, 0.6) is 0 Å². The molecule has 2 rings (SSSR count). The molecule has 0 radical (unpaired) electrons. The number of nitrogens with zero attached hydrogens (tertiary/aromatic N) is 1. The highest BCUT2D eigenvalue weighted by Gasteiger charge is 2.31. The summed E-state index contributed by atoms with van der Waals surface area (Å²) in [5, 5.41) is 0. The van der Waals surface area contributed by atoms with E-state index in [9.17, 15) is 4.79 Å². The summed E-state index contributed by atoms with van der Waals surface area (Å²) in [6, 6.07) is 10.1. The Bertz CT molecular complexity index is 415. The van der Waals surface area contributed by atoms with Crippen LogP contribution in [0.2, 0.25) is 0 Å². The van der Waals surface area contributed by atoms with E-state index in [2.05, 4.69) is 17.2 Å². The van der Waals surface area contributed by atoms with Crippen LogP contribution in [0.25, 0.3) is 0 Å². The van der Waals surface area contributed by atoms with Gasteiger partial charge in [-0.2, -0.15) is 0 Å². The van der Waals surface area contributed by atoms with Crippen molar-refractivity contribution in [2.24, 2.45) is 5.84 Å². The largest absolute Gasteiger partial charge is 0.293 e. The van der Waals surface area contributed by atoms with Crippen molar-refractivity contribution in [1.29, 1.82) is 0 Å². The number of hydrogen-bond acceptors (Lipinski definition) is 3. The molecule has 1 aromatic carbocycles. The maximum Gasteiger partial charge on any atom is 0.255 e. The Hall–Kier alpha value is -1.39. The van der Waals surface area contributed by atoms with Gasteiger partial charge in [-0.1, -0.05) is 56.5 Å². The summed E-state index contributed by atoms with van der Waals surface area (Å²) in [4.78, 5) is 14.6. The number of hydrazine groups is 1. The van der Waals surface area contributed by atoms with E-state index in [1.165, 1.54) is 32.1 Å². The maximum absolute atomic E-state index is 12.3. The van der Waals surface area contributed by atoms with Crippen molar-refractivity contribution in [3.63, 3.8) is 0 Å². The van der Waals surface area contributed by atoms with E-state index in [0.29, 0.717) is 6.04 Å². The molecule has 0 heterocycles. The van der Waals surface area contributed by atoms with Gasteiger partial charge in [-0.25, -0.2) is 5.84 Å². The molecule has 3 N–H and O–H groups in total. The summed E-state index contributed by atoms with van der Waals surface area (Å²) >= 11 is 0. The minimum Gasteiger partial charge on any atom is -0.293 e. The molecule has 1 fully saturated rings. The lowest BCUT2D eigenvalue weighted by molar-refractivity contribution is -0.128. The van der Waals surface area contributed by atoms with E-state index in [1.807, 2.05) is 30.3 Å². The zero-order valence-electron chi connectivity index (χ0n) is 12.2. The Morgan fingerprint density at radius 1 is 1.30 bits per heavy atom. The van der Waals surface area contributed by atoms with Crippen LogP contribution in [0.15, 0.2) is 30.3 Å². The van der Waals surface area contributed by atoms with Crippen molar-refractivity contribution in [2.75, 3.05) is 6.54 Å². The fraction of sp³-hybridized carbons (Fsp3) is 0.562. The number of benzene rings is 1. The van der Waals surface area contributed by atoms with E-state index in [-0.39, 0.29) is 11.9 Å². The van der Waals surface area contributed by atoms with Gasteiger partial charge in [0, 0.05) is 6.04 Å². The number of rotatable bonds is 5. The van der Waals surface area contributed by atoms with Gasteiger partial charge in [0.25, 0.3) is 5.91 Å². The zero-order chi connectivity index (χ0) is 14.4. The number of amides is 1. The molecule has 1 aromatic rings. The smallest absolute Gasteiger partial charge is 0.255 e. The first-order valence-corrected chi connectivity index (χ1v) is 7.59. The number of hydrogen-bond donors (Lipinski definition) is 2. The normalized spacial score (nSPS) is 17.9. The molecule has 1 atom stereocenters. The molecule has 0 spiro atoms. The number of carbonyl (C=O) groups is 1. The van der Waals surface area contributed by atoms with Crippen molar-refractivity contribution < 1.29 is 4.79 Å². The minimum atomic E-state index is -0.283. The van der Waals surface area contributed by atoms with Crippen LogP contribution < -0.4 is 11.3 Å². The Labute approximate surface area is 121 Å². The summed E-state index contributed by atoms with van der Waals surface area (Å²) in [6.45, 7) is 2.98. The number of likely N-dealkylation sites (N-methyl/N-ethyl adjacent to an activating group) is 1. The van der Waals surface area contributed by atoms with Gasteiger partial charge in [0.15, 0.2) is 0 Å². The molecule has 0 saturated heterocycles. The number of nitrogens with one attached hydrogen (secondary N) is 1. The molecular weight excluding hydrogens is 250 g/mol. The summed E-state index contributed by atoms with van der Waals surface area (Å²) in [7, 11) is 0. The predicted molar refractivity (Wildman–Crippen MR) is 80.8 cm³/mol. The van der Waals surface area contributed by atoms with Gasteiger partial charge in [0.1, 0.15) is 6.04 Å². The molecule has 1 unspecified atom stereocenters. The maximum atomic E-state index is 12.3. The van der Waals surface area contributed by atoms with Gasteiger partial charge in [-0.05, 0) is 24.9 Å². The van der Waals surface area contributed by atoms with Crippen LogP contribution in [0.3, 0.4) is 0 Å². The van der Waals surface area contributed by atoms with Gasteiger partial charge in [0.05, 0.1) is 0 Å². The first-order chi connectivity index (χ1) is 9.77. The first kappa shape index (κ1) is 15.0. The molecule has 4 heteroatoms. The number of carbonyl (C=O) groups excluding carboxylic acids is 1. The van der Waals surface area contributed by atoms with E-state index in [1.54, 1.807) is 0 Å². The van der Waals surface area contributed by atoms with Crippen molar-refractivity contribution in [2.45, 2.75) is 51.1 Å². The zero-order valence-corrected chi connectivity index (χ0v) is 12.2. The summed E-state index contributed by atoms with van der Waals surface area (Å²) < 4.78 is 0. The predicted octanol–water partition coefficient (Wildman–Crippen LogP) is 2.37. The second-order valence-corrected chi connectivity index (χ2v) is 5.44. The fourth-order valence-corrected chi connectivity index (χ4v) is 3.27. The fourth-order valence-electron chi connectivity index (χ4n) is 3.27. The Morgan fingerprint density at radius 3 is 2.50 bits per heavy atom. The molecule has 0 aromatic heterocycles. The SMILES string of the molecule is CCN(C1CCCCC1)C(C(=O)NN)c1ccccc1. The monoisotopic (exact) mass is 275 g/mol. The molecule has 1 amide bonds. The van der Waals surface area contributed by atoms with E-state index < -0.39 is 0 Å². The van der Waals surface area contributed by atoms with Crippen LogP contribution in [-0.2, 0) is 4.79 Å². The average molecular weight is 275 g/mol. The Kier molecular flexibility index (Phi) is 5.56. The summed E-state index contributed by atoms with van der Waals surface area (Å²) in [5.74, 6) is 5.28. The molecule has 1 aliphatic rings. The van der Waals surface area contributed by atoms with E-state index in [4.69, 9.17) is 5.84 Å². The van der Waals surface area contributed by atoms with Gasteiger partial charge in [-0.15, -0.1) is 0 Å². The Morgan fingerprint density at radius 2 is 1.95 bits per heavy atom. The molecule has 0 aliphatic heterocycles. The molecule has 4 nitrogen and oxygen atoms in total. The summed E-state index contributed by atoms with van der Waals surface area (Å²) in [6.07, 6.45) is 6.18. The van der Waals surface area contributed by atoms with Crippen LogP contribution >= 0.6 is 0 Å². The molecule has 1 aliphatic carbocycles. The van der Waals surface area contributed by atoms with Crippen LogP contribution in [0.4, 0.5) is 0 Å². The second kappa shape index (κ2) is 7.41. The molecule has 1 saturated carbocycles. The van der Waals surface area contributed by atoms with Crippen molar-refractivity contribution >= 4 is 5.91 Å². The standard InChI is InChI=1S/C16H25N3O/c1-2-19(14-11-7-4-8-12-14)15(16(20)18-17)13-9-5-3-6-10-13/h3,5-6,9-10,14-15H,2,4,7-8,11-12,17H2,1H3,(H,18,20). The molecule has 110 valence electrons. The van der Waals surface area contributed by atoms with Crippen molar-refractivity contribution in [3.8, 4) is 0 Å². The topological polar surface area (TPSA) is 58.4 Å². The van der Waals surface area contributed by atoms with Crippen molar-refractivity contribution in [1.82, 2.24) is 10.3 Å². The molecule has 0 bridgehead atoms. The van der Waals surface area contributed by atoms with Gasteiger partial charge in [0.2, 0.25) is 0 Å². The lowest BCUT2D eigenvalue weighted by atomic mass is 9.91. The highest BCUT2D eigenvalue weighted by Crippen LogP contribution is 2.30. The van der Waals surface area contributed by atoms with Gasteiger partial charge >= 0.3 is 0 Å². The van der Waals surface area contributed by atoms with Crippen LogP contribution in [-0.4, -0.2) is 23.4 Å². The highest BCUT2D eigenvalue weighted by molar-refractivity contribution is 5.82.